The van der Waals surface area contributed by atoms with Gasteiger partial charge in [0, 0.05) is 44.1 Å². The Balaban J connectivity index is 1.78. The first-order valence-electron chi connectivity index (χ1n) is 7.76. The molecule has 0 saturated carbocycles. The molecule has 5 heteroatoms. The summed E-state index contributed by atoms with van der Waals surface area (Å²) in [5, 5.41) is 3.94. The zero-order valence-corrected chi connectivity index (χ0v) is 12.7. The third-order valence-corrected chi connectivity index (χ3v) is 4.11. The monoisotopic (exact) mass is 307 g/mol. The van der Waals surface area contributed by atoms with Gasteiger partial charge in [0.2, 0.25) is 0 Å². The van der Waals surface area contributed by atoms with Crippen LogP contribution in [-0.2, 0) is 0 Å². The van der Waals surface area contributed by atoms with Crippen LogP contribution in [-0.4, -0.2) is 31.2 Å². The summed E-state index contributed by atoms with van der Waals surface area (Å²) in [7, 11) is 0. The minimum Gasteiger partial charge on any atom is -0.454 e. The van der Waals surface area contributed by atoms with Crippen molar-refractivity contribution in [3.05, 3.63) is 58.9 Å². The Hall–Kier alpha value is -2.66. The van der Waals surface area contributed by atoms with Gasteiger partial charge >= 0.3 is 0 Å². The first-order chi connectivity index (χ1) is 11.3. The third-order valence-electron chi connectivity index (χ3n) is 4.11. The fraction of sp³-hybridized carbons (Fsp3) is 0.222. The molecule has 1 N–H and O–H groups in total. The molecule has 1 aliphatic heterocycles. The largest absolute Gasteiger partial charge is 0.454 e. The Kier molecular flexibility index (Phi) is 3.55. The van der Waals surface area contributed by atoms with Gasteiger partial charge in [-0.1, -0.05) is 6.07 Å². The van der Waals surface area contributed by atoms with Crippen LogP contribution >= 0.6 is 0 Å². The van der Waals surface area contributed by atoms with Crippen molar-refractivity contribution in [3.8, 4) is 11.5 Å². The number of nitrogens with zero attached hydrogens (tertiary/aromatic N) is 2. The smallest absolute Gasteiger partial charge is 0.193 e. The lowest BCUT2D eigenvalue weighted by atomic mass is 10.1. The molecular formula is C18H17N3O2. The van der Waals surface area contributed by atoms with Gasteiger partial charge in [0.1, 0.15) is 11.3 Å². The van der Waals surface area contributed by atoms with E-state index in [1.807, 2.05) is 36.4 Å². The summed E-state index contributed by atoms with van der Waals surface area (Å²) >= 11 is 0. The number of piperazine rings is 1. The van der Waals surface area contributed by atoms with Crippen LogP contribution in [0.1, 0.15) is 0 Å². The molecule has 0 atom stereocenters. The molecule has 1 aromatic carbocycles. The van der Waals surface area contributed by atoms with Gasteiger partial charge in [0.25, 0.3) is 0 Å². The number of hydrogen-bond acceptors (Lipinski definition) is 5. The maximum Gasteiger partial charge on any atom is 0.193 e. The van der Waals surface area contributed by atoms with Gasteiger partial charge < -0.3 is 14.6 Å². The molecule has 1 fully saturated rings. The molecule has 3 aromatic rings. The van der Waals surface area contributed by atoms with Crippen molar-refractivity contribution in [2.24, 2.45) is 0 Å². The van der Waals surface area contributed by atoms with Crippen LogP contribution in [0.25, 0.3) is 22.4 Å². The Labute approximate surface area is 133 Å². The fourth-order valence-electron chi connectivity index (χ4n) is 2.90. The number of nitrogens with one attached hydrogen (secondary N) is 1. The number of aromatic nitrogens is 1. The highest BCUT2D eigenvalue weighted by Crippen LogP contribution is 2.24. The predicted octanol–water partition coefficient (Wildman–Crippen LogP) is 2.26. The molecule has 4 rings (SSSR count). The Morgan fingerprint density at radius 2 is 1.96 bits per heavy atom. The van der Waals surface area contributed by atoms with Gasteiger partial charge in [-0.2, -0.15) is 0 Å². The van der Waals surface area contributed by atoms with Crippen molar-refractivity contribution >= 4 is 16.7 Å². The van der Waals surface area contributed by atoms with Gasteiger partial charge in [-0.15, -0.1) is 0 Å². The van der Waals surface area contributed by atoms with E-state index in [2.05, 4.69) is 15.2 Å². The Morgan fingerprint density at radius 3 is 2.74 bits per heavy atom. The van der Waals surface area contributed by atoms with Crippen molar-refractivity contribution in [1.82, 2.24) is 10.3 Å². The topological polar surface area (TPSA) is 58.4 Å². The summed E-state index contributed by atoms with van der Waals surface area (Å²) < 4.78 is 5.88. The van der Waals surface area contributed by atoms with E-state index < -0.39 is 0 Å². The molecule has 1 aliphatic rings. The molecule has 2 aromatic heterocycles. The van der Waals surface area contributed by atoms with Gasteiger partial charge in [0.05, 0.1) is 5.39 Å². The second-order valence-electron chi connectivity index (χ2n) is 5.61. The number of hydrogen-bond donors (Lipinski definition) is 1. The minimum atomic E-state index is -0.0381. The number of rotatable bonds is 2. The summed E-state index contributed by atoms with van der Waals surface area (Å²) in [4.78, 5) is 19.0. The average Bonchev–Trinajstić information content (AvgIpc) is 2.63. The van der Waals surface area contributed by atoms with Gasteiger partial charge in [-0.05, 0) is 30.3 Å². The van der Waals surface area contributed by atoms with E-state index in [9.17, 15) is 4.79 Å². The normalized spacial score (nSPS) is 15.0. The molecule has 5 nitrogen and oxygen atoms in total. The third kappa shape index (κ3) is 2.71. The molecule has 0 spiro atoms. The van der Waals surface area contributed by atoms with E-state index >= 15 is 0 Å². The quantitative estimate of drug-likeness (QED) is 0.787. The molecule has 0 unspecified atom stereocenters. The Morgan fingerprint density at radius 1 is 1.09 bits per heavy atom. The fourth-order valence-corrected chi connectivity index (χ4v) is 2.90. The summed E-state index contributed by atoms with van der Waals surface area (Å²) in [6.45, 7) is 3.82. The van der Waals surface area contributed by atoms with E-state index in [0.29, 0.717) is 22.4 Å². The molecule has 0 radical (unpaired) electrons. The second-order valence-corrected chi connectivity index (χ2v) is 5.61. The van der Waals surface area contributed by atoms with Crippen LogP contribution in [0.5, 0.6) is 0 Å². The second kappa shape index (κ2) is 5.85. The van der Waals surface area contributed by atoms with Crippen LogP contribution in [0.15, 0.2) is 57.9 Å². The van der Waals surface area contributed by atoms with Crippen molar-refractivity contribution in [2.75, 3.05) is 31.1 Å². The van der Waals surface area contributed by atoms with E-state index in [-0.39, 0.29) is 5.43 Å². The molecule has 0 aliphatic carbocycles. The van der Waals surface area contributed by atoms with Crippen LogP contribution in [0.2, 0.25) is 0 Å². The summed E-state index contributed by atoms with van der Waals surface area (Å²) in [6, 6.07) is 12.9. The summed E-state index contributed by atoms with van der Waals surface area (Å²) in [6.07, 6.45) is 1.69. The molecule has 23 heavy (non-hydrogen) atoms. The molecular weight excluding hydrogens is 290 g/mol. The highest BCUT2D eigenvalue weighted by Gasteiger charge is 2.13. The number of pyridine rings is 1. The standard InChI is InChI=1S/C18H17N3O2/c22-16-12-18(15-3-1-2-6-20-15)23-17-5-4-13(11-14(16)17)21-9-7-19-8-10-21/h1-6,11-12,19H,7-10H2. The highest BCUT2D eigenvalue weighted by molar-refractivity contribution is 5.82. The van der Waals surface area contributed by atoms with Crippen molar-refractivity contribution < 1.29 is 4.42 Å². The number of anilines is 1. The zero-order chi connectivity index (χ0) is 15.6. The zero-order valence-electron chi connectivity index (χ0n) is 12.7. The average molecular weight is 307 g/mol. The van der Waals surface area contributed by atoms with Crippen LogP contribution in [0.4, 0.5) is 5.69 Å². The minimum absolute atomic E-state index is 0.0381. The predicted molar refractivity (Wildman–Crippen MR) is 90.8 cm³/mol. The molecule has 116 valence electrons. The molecule has 0 bridgehead atoms. The lowest BCUT2D eigenvalue weighted by Crippen LogP contribution is -2.43. The molecule has 1 saturated heterocycles. The lowest BCUT2D eigenvalue weighted by molar-refractivity contribution is 0.589. The van der Waals surface area contributed by atoms with Crippen LogP contribution in [0.3, 0.4) is 0 Å². The van der Waals surface area contributed by atoms with Crippen molar-refractivity contribution in [2.45, 2.75) is 0 Å². The number of fused-ring (bicyclic) bond motifs is 1. The lowest BCUT2D eigenvalue weighted by Gasteiger charge is -2.29. The number of benzene rings is 1. The molecule has 3 heterocycles. The first kappa shape index (κ1) is 14.0. The van der Waals surface area contributed by atoms with E-state index in [0.717, 1.165) is 31.9 Å². The van der Waals surface area contributed by atoms with Crippen molar-refractivity contribution in [1.29, 1.82) is 0 Å². The van der Waals surface area contributed by atoms with E-state index in [4.69, 9.17) is 4.42 Å². The van der Waals surface area contributed by atoms with Crippen LogP contribution in [0, 0.1) is 0 Å². The maximum absolute atomic E-state index is 12.5. The molecule has 0 amide bonds. The van der Waals surface area contributed by atoms with Gasteiger partial charge in [-0.3, -0.25) is 9.78 Å². The SMILES string of the molecule is O=c1cc(-c2ccccn2)oc2ccc(N3CCNCC3)cc12. The van der Waals surface area contributed by atoms with Gasteiger partial charge in [-0.25, -0.2) is 0 Å². The first-order valence-corrected chi connectivity index (χ1v) is 7.76. The van der Waals surface area contributed by atoms with E-state index in [1.54, 1.807) is 6.20 Å². The van der Waals surface area contributed by atoms with E-state index in [1.165, 1.54) is 6.07 Å². The van der Waals surface area contributed by atoms with Gasteiger partial charge in [0.15, 0.2) is 11.2 Å². The maximum atomic E-state index is 12.5. The van der Waals surface area contributed by atoms with Crippen LogP contribution < -0.4 is 15.6 Å². The highest BCUT2D eigenvalue weighted by atomic mass is 16.3. The summed E-state index contributed by atoms with van der Waals surface area (Å²) in [5.41, 5.74) is 2.29. The summed E-state index contributed by atoms with van der Waals surface area (Å²) in [5.74, 6) is 0.498. The van der Waals surface area contributed by atoms with Crippen molar-refractivity contribution in [3.63, 3.8) is 0 Å². The Bertz CT molecular complexity index is 884.